The van der Waals surface area contributed by atoms with Crippen LogP contribution in [0, 0.1) is 0 Å². The number of amides is 1. The molecule has 120 valence electrons. The van der Waals surface area contributed by atoms with E-state index in [0.717, 1.165) is 12.1 Å². The number of nitrogens with zero attached hydrogens (tertiary/aromatic N) is 2. The summed E-state index contributed by atoms with van der Waals surface area (Å²) in [4.78, 5) is 20.5. The molecule has 1 aromatic heterocycles. The van der Waals surface area contributed by atoms with Gasteiger partial charge in [0.2, 0.25) is 12.7 Å². The fourth-order valence-electron chi connectivity index (χ4n) is 2.05. The van der Waals surface area contributed by atoms with Crippen LogP contribution in [-0.2, 0) is 0 Å². The van der Waals surface area contributed by atoms with E-state index in [2.05, 4.69) is 20.6 Å². The minimum Gasteiger partial charge on any atom is -0.454 e. The fourth-order valence-corrected chi connectivity index (χ4v) is 2.05. The van der Waals surface area contributed by atoms with E-state index >= 15 is 0 Å². The van der Waals surface area contributed by atoms with Gasteiger partial charge in [-0.25, -0.2) is 9.97 Å². The highest BCUT2D eigenvalue weighted by molar-refractivity contribution is 5.92. The minimum absolute atomic E-state index is 0.0998. The van der Waals surface area contributed by atoms with Crippen molar-refractivity contribution in [1.29, 1.82) is 0 Å². The summed E-state index contributed by atoms with van der Waals surface area (Å²) in [5.74, 6) is 1.51. The van der Waals surface area contributed by atoms with Gasteiger partial charge in [0.25, 0.3) is 5.91 Å². The summed E-state index contributed by atoms with van der Waals surface area (Å²) in [5, 5.41) is 5.94. The second-order valence-corrected chi connectivity index (χ2v) is 5.24. The molecule has 23 heavy (non-hydrogen) atoms. The molecule has 1 aromatic carbocycles. The molecule has 7 heteroatoms. The average Bonchev–Trinajstić information content (AvgIpc) is 3.02. The SMILES string of the molecule is CCC(C)NC(=O)c1ccnc(Nc2ccc3c(c2)OCO3)n1. The first-order valence-corrected chi connectivity index (χ1v) is 7.46. The Bertz CT molecular complexity index is 720. The van der Waals surface area contributed by atoms with E-state index in [0.29, 0.717) is 23.1 Å². The van der Waals surface area contributed by atoms with Crippen LogP contribution in [0.3, 0.4) is 0 Å². The largest absolute Gasteiger partial charge is 0.454 e. The van der Waals surface area contributed by atoms with Crippen molar-refractivity contribution in [2.24, 2.45) is 0 Å². The third-order valence-corrected chi connectivity index (χ3v) is 3.51. The van der Waals surface area contributed by atoms with Crippen LogP contribution in [0.25, 0.3) is 0 Å². The minimum atomic E-state index is -0.213. The molecule has 1 aliphatic heterocycles. The van der Waals surface area contributed by atoms with Crippen molar-refractivity contribution in [1.82, 2.24) is 15.3 Å². The third kappa shape index (κ3) is 3.50. The monoisotopic (exact) mass is 314 g/mol. The summed E-state index contributed by atoms with van der Waals surface area (Å²) in [5.41, 5.74) is 1.08. The standard InChI is InChI=1S/C16H18N4O3/c1-3-10(2)18-15(21)12-6-7-17-16(20-12)19-11-4-5-13-14(8-11)23-9-22-13/h4-8,10H,3,9H2,1-2H3,(H,18,21)(H,17,19,20). The molecule has 1 unspecified atom stereocenters. The predicted molar refractivity (Wildman–Crippen MR) is 85.1 cm³/mol. The highest BCUT2D eigenvalue weighted by Gasteiger charge is 2.14. The lowest BCUT2D eigenvalue weighted by molar-refractivity contribution is 0.0934. The van der Waals surface area contributed by atoms with Gasteiger partial charge in [-0.1, -0.05) is 6.92 Å². The lowest BCUT2D eigenvalue weighted by atomic mass is 10.2. The number of carbonyl (C=O) groups excluding carboxylic acids is 1. The quantitative estimate of drug-likeness (QED) is 0.882. The van der Waals surface area contributed by atoms with Crippen molar-refractivity contribution < 1.29 is 14.3 Å². The van der Waals surface area contributed by atoms with Crippen LogP contribution < -0.4 is 20.1 Å². The zero-order valence-corrected chi connectivity index (χ0v) is 13.0. The van der Waals surface area contributed by atoms with Gasteiger partial charge in [-0.2, -0.15) is 0 Å². The summed E-state index contributed by atoms with van der Waals surface area (Å²) >= 11 is 0. The number of aromatic nitrogens is 2. The lowest BCUT2D eigenvalue weighted by Crippen LogP contribution is -2.32. The normalized spacial score (nSPS) is 13.5. The average molecular weight is 314 g/mol. The number of hydrogen-bond acceptors (Lipinski definition) is 6. The van der Waals surface area contributed by atoms with Crippen LogP contribution in [0.5, 0.6) is 11.5 Å². The topological polar surface area (TPSA) is 85.4 Å². The van der Waals surface area contributed by atoms with Gasteiger partial charge < -0.3 is 20.1 Å². The van der Waals surface area contributed by atoms with Crippen LogP contribution in [-0.4, -0.2) is 28.7 Å². The van der Waals surface area contributed by atoms with E-state index in [-0.39, 0.29) is 18.7 Å². The number of nitrogens with one attached hydrogen (secondary N) is 2. The Morgan fingerprint density at radius 1 is 1.30 bits per heavy atom. The zero-order chi connectivity index (χ0) is 16.2. The van der Waals surface area contributed by atoms with Gasteiger partial charge >= 0.3 is 0 Å². The van der Waals surface area contributed by atoms with Gasteiger partial charge in [0.1, 0.15) is 5.69 Å². The Kier molecular flexibility index (Phi) is 4.27. The molecule has 2 heterocycles. The van der Waals surface area contributed by atoms with Crippen LogP contribution >= 0.6 is 0 Å². The van der Waals surface area contributed by atoms with E-state index in [1.54, 1.807) is 18.3 Å². The number of fused-ring (bicyclic) bond motifs is 1. The fraction of sp³-hybridized carbons (Fsp3) is 0.312. The van der Waals surface area contributed by atoms with Crippen LogP contribution in [0.4, 0.5) is 11.6 Å². The van der Waals surface area contributed by atoms with Crippen molar-refractivity contribution in [3.05, 3.63) is 36.2 Å². The maximum absolute atomic E-state index is 12.1. The molecule has 0 spiro atoms. The molecule has 3 rings (SSSR count). The Morgan fingerprint density at radius 3 is 2.96 bits per heavy atom. The Hall–Kier alpha value is -2.83. The molecule has 0 saturated heterocycles. The lowest BCUT2D eigenvalue weighted by Gasteiger charge is -2.11. The van der Waals surface area contributed by atoms with Gasteiger partial charge in [-0.3, -0.25) is 4.79 Å². The maximum atomic E-state index is 12.1. The Balaban J connectivity index is 1.73. The molecule has 0 fully saturated rings. The zero-order valence-electron chi connectivity index (χ0n) is 13.0. The van der Waals surface area contributed by atoms with Crippen molar-refractivity contribution in [3.63, 3.8) is 0 Å². The van der Waals surface area contributed by atoms with Crippen molar-refractivity contribution >= 4 is 17.5 Å². The smallest absolute Gasteiger partial charge is 0.270 e. The van der Waals surface area contributed by atoms with Gasteiger partial charge in [0.05, 0.1) is 0 Å². The van der Waals surface area contributed by atoms with E-state index in [9.17, 15) is 4.79 Å². The molecule has 7 nitrogen and oxygen atoms in total. The third-order valence-electron chi connectivity index (χ3n) is 3.51. The number of carbonyl (C=O) groups is 1. The molecular formula is C16H18N4O3. The number of anilines is 2. The molecule has 0 saturated carbocycles. The summed E-state index contributed by atoms with van der Waals surface area (Å²) in [6.07, 6.45) is 2.41. The summed E-state index contributed by atoms with van der Waals surface area (Å²) < 4.78 is 10.6. The summed E-state index contributed by atoms with van der Waals surface area (Å²) in [6.45, 7) is 4.18. The van der Waals surface area contributed by atoms with Crippen molar-refractivity contribution in [3.8, 4) is 11.5 Å². The van der Waals surface area contributed by atoms with E-state index in [4.69, 9.17) is 9.47 Å². The molecule has 1 aliphatic rings. The van der Waals surface area contributed by atoms with Gasteiger partial charge in [-0.05, 0) is 31.5 Å². The molecule has 0 radical (unpaired) electrons. The molecule has 2 aromatic rings. The first-order chi connectivity index (χ1) is 11.2. The predicted octanol–water partition coefficient (Wildman–Crippen LogP) is 2.48. The van der Waals surface area contributed by atoms with E-state index in [1.165, 1.54) is 0 Å². The van der Waals surface area contributed by atoms with Gasteiger partial charge in [0, 0.05) is 24.0 Å². The van der Waals surface area contributed by atoms with Crippen LogP contribution in [0.1, 0.15) is 30.8 Å². The number of benzene rings is 1. The second-order valence-electron chi connectivity index (χ2n) is 5.24. The molecule has 0 bridgehead atoms. The molecule has 0 aliphatic carbocycles. The van der Waals surface area contributed by atoms with E-state index < -0.39 is 0 Å². The highest BCUT2D eigenvalue weighted by atomic mass is 16.7. The molecular weight excluding hydrogens is 296 g/mol. The Labute approximate surface area is 134 Å². The van der Waals surface area contributed by atoms with Crippen molar-refractivity contribution in [2.75, 3.05) is 12.1 Å². The maximum Gasteiger partial charge on any atom is 0.270 e. The molecule has 2 N–H and O–H groups in total. The molecule has 1 atom stereocenters. The first kappa shape index (κ1) is 15.1. The second kappa shape index (κ2) is 6.51. The highest BCUT2D eigenvalue weighted by Crippen LogP contribution is 2.34. The summed E-state index contributed by atoms with van der Waals surface area (Å²) in [7, 11) is 0. The van der Waals surface area contributed by atoms with Crippen LogP contribution in [0.2, 0.25) is 0 Å². The van der Waals surface area contributed by atoms with Crippen LogP contribution in [0.15, 0.2) is 30.5 Å². The number of ether oxygens (including phenoxy) is 2. The number of rotatable bonds is 5. The first-order valence-electron chi connectivity index (χ1n) is 7.46. The Morgan fingerprint density at radius 2 is 2.13 bits per heavy atom. The summed E-state index contributed by atoms with van der Waals surface area (Å²) in [6, 6.07) is 7.13. The van der Waals surface area contributed by atoms with Gasteiger partial charge in [0.15, 0.2) is 11.5 Å². The van der Waals surface area contributed by atoms with Crippen molar-refractivity contribution in [2.45, 2.75) is 26.3 Å². The molecule has 1 amide bonds. The van der Waals surface area contributed by atoms with Gasteiger partial charge in [-0.15, -0.1) is 0 Å². The number of hydrogen-bond donors (Lipinski definition) is 2. The van der Waals surface area contributed by atoms with E-state index in [1.807, 2.05) is 26.0 Å².